The summed E-state index contributed by atoms with van der Waals surface area (Å²) in [6.07, 6.45) is 5.01. The summed E-state index contributed by atoms with van der Waals surface area (Å²) in [7, 11) is 0. The molecule has 1 aromatic carbocycles. The van der Waals surface area contributed by atoms with Crippen LogP contribution in [0.25, 0.3) is 0 Å². The monoisotopic (exact) mass is 245 g/mol. The molecule has 3 rings (SSSR count). The average molecular weight is 245 g/mol. The fourth-order valence-corrected chi connectivity index (χ4v) is 3.30. The predicted octanol–water partition coefficient (Wildman–Crippen LogP) is 3.48. The molecule has 2 aliphatic heterocycles. The Hall–Kier alpha value is -1.02. The van der Waals surface area contributed by atoms with Gasteiger partial charge in [-0.05, 0) is 49.1 Å². The first-order chi connectivity index (χ1) is 8.83. The zero-order valence-corrected chi connectivity index (χ0v) is 11.2. The molecule has 2 atom stereocenters. The van der Waals surface area contributed by atoms with E-state index in [0.29, 0.717) is 6.04 Å². The molecule has 1 fully saturated rings. The van der Waals surface area contributed by atoms with Crippen LogP contribution >= 0.6 is 0 Å². The van der Waals surface area contributed by atoms with Crippen LogP contribution in [0.3, 0.4) is 0 Å². The number of nitrogens with one attached hydrogen (secondary N) is 1. The van der Waals surface area contributed by atoms with Gasteiger partial charge >= 0.3 is 0 Å². The van der Waals surface area contributed by atoms with E-state index in [4.69, 9.17) is 4.74 Å². The van der Waals surface area contributed by atoms with Crippen molar-refractivity contribution >= 4 is 5.69 Å². The van der Waals surface area contributed by atoms with Crippen molar-refractivity contribution in [1.29, 1.82) is 0 Å². The summed E-state index contributed by atoms with van der Waals surface area (Å²) >= 11 is 0. The van der Waals surface area contributed by atoms with Gasteiger partial charge in [0, 0.05) is 24.9 Å². The Labute approximate surface area is 110 Å². The van der Waals surface area contributed by atoms with E-state index in [0.717, 1.165) is 25.0 Å². The van der Waals surface area contributed by atoms with Crippen LogP contribution in [-0.4, -0.2) is 19.3 Å². The highest BCUT2D eigenvalue weighted by atomic mass is 16.5. The van der Waals surface area contributed by atoms with Gasteiger partial charge in [0.25, 0.3) is 0 Å². The Morgan fingerprint density at radius 2 is 2.00 bits per heavy atom. The minimum atomic E-state index is 0.642. The first-order valence-corrected chi connectivity index (χ1v) is 7.25. The second kappa shape index (κ2) is 5.31. The van der Waals surface area contributed by atoms with Crippen LogP contribution in [0.15, 0.2) is 24.3 Å². The van der Waals surface area contributed by atoms with Crippen molar-refractivity contribution in [2.75, 3.05) is 18.5 Å². The summed E-state index contributed by atoms with van der Waals surface area (Å²) < 4.78 is 5.45. The summed E-state index contributed by atoms with van der Waals surface area (Å²) in [6, 6.07) is 9.39. The first-order valence-electron chi connectivity index (χ1n) is 7.25. The maximum absolute atomic E-state index is 5.45. The van der Waals surface area contributed by atoms with E-state index in [1.165, 1.54) is 36.9 Å². The molecule has 18 heavy (non-hydrogen) atoms. The van der Waals surface area contributed by atoms with Crippen LogP contribution in [0.5, 0.6) is 0 Å². The molecule has 0 aliphatic carbocycles. The van der Waals surface area contributed by atoms with Gasteiger partial charge in [-0.25, -0.2) is 0 Å². The first kappa shape index (κ1) is 12.0. The second-order valence-corrected chi connectivity index (χ2v) is 5.88. The van der Waals surface area contributed by atoms with Crippen molar-refractivity contribution in [1.82, 2.24) is 0 Å². The molecule has 0 spiro atoms. The van der Waals surface area contributed by atoms with E-state index in [1.54, 1.807) is 0 Å². The number of hydrogen-bond donors (Lipinski definition) is 1. The third-order valence-electron chi connectivity index (χ3n) is 4.52. The highest BCUT2D eigenvalue weighted by molar-refractivity contribution is 5.54. The maximum atomic E-state index is 5.45. The van der Waals surface area contributed by atoms with Crippen LogP contribution in [0.2, 0.25) is 0 Å². The van der Waals surface area contributed by atoms with Crippen molar-refractivity contribution in [3.63, 3.8) is 0 Å². The summed E-state index contributed by atoms with van der Waals surface area (Å²) in [5.41, 5.74) is 2.83. The lowest BCUT2D eigenvalue weighted by Gasteiger charge is -2.36. The van der Waals surface area contributed by atoms with Crippen molar-refractivity contribution in [3.8, 4) is 0 Å². The lowest BCUT2D eigenvalue weighted by Crippen LogP contribution is -2.36. The zero-order chi connectivity index (χ0) is 12.4. The highest BCUT2D eigenvalue weighted by Gasteiger charge is 2.27. The molecule has 2 heteroatoms. The highest BCUT2D eigenvalue weighted by Crippen LogP contribution is 2.32. The van der Waals surface area contributed by atoms with Crippen LogP contribution in [0.4, 0.5) is 5.69 Å². The van der Waals surface area contributed by atoms with Gasteiger partial charge in [-0.2, -0.15) is 0 Å². The fraction of sp³-hybridized carbons (Fsp3) is 0.625. The van der Waals surface area contributed by atoms with E-state index in [2.05, 4.69) is 36.5 Å². The molecule has 2 nitrogen and oxygen atoms in total. The number of anilines is 1. The molecule has 2 heterocycles. The van der Waals surface area contributed by atoms with E-state index in [1.807, 2.05) is 0 Å². The number of hydrogen-bond acceptors (Lipinski definition) is 2. The molecule has 98 valence electrons. The largest absolute Gasteiger partial charge is 0.382 e. The molecule has 2 aliphatic rings. The number of benzene rings is 1. The van der Waals surface area contributed by atoms with Gasteiger partial charge in [0.15, 0.2) is 0 Å². The molecule has 0 bridgehead atoms. The quantitative estimate of drug-likeness (QED) is 0.861. The summed E-state index contributed by atoms with van der Waals surface area (Å²) in [6.45, 7) is 4.30. The number of rotatable bonds is 2. The SMILES string of the molecule is CC1Cc2ccccc2NC1CC1CCOCC1. The smallest absolute Gasteiger partial charge is 0.0468 e. The van der Waals surface area contributed by atoms with Gasteiger partial charge in [0.1, 0.15) is 0 Å². The van der Waals surface area contributed by atoms with Gasteiger partial charge in [0.2, 0.25) is 0 Å². The third-order valence-corrected chi connectivity index (χ3v) is 4.52. The van der Waals surface area contributed by atoms with Crippen molar-refractivity contribution < 1.29 is 4.74 Å². The topological polar surface area (TPSA) is 21.3 Å². The van der Waals surface area contributed by atoms with Gasteiger partial charge < -0.3 is 10.1 Å². The van der Waals surface area contributed by atoms with E-state index < -0.39 is 0 Å². The summed E-state index contributed by atoms with van der Waals surface area (Å²) in [5.74, 6) is 1.59. The molecule has 2 unspecified atom stereocenters. The van der Waals surface area contributed by atoms with Crippen LogP contribution in [0, 0.1) is 11.8 Å². The number of ether oxygens (including phenoxy) is 1. The van der Waals surface area contributed by atoms with Gasteiger partial charge in [0.05, 0.1) is 0 Å². The number of para-hydroxylation sites is 1. The number of fused-ring (bicyclic) bond motifs is 1. The van der Waals surface area contributed by atoms with Crippen LogP contribution < -0.4 is 5.32 Å². The molecule has 1 aromatic rings. The molecule has 0 aromatic heterocycles. The normalized spacial score (nSPS) is 28.5. The lowest BCUT2D eigenvalue weighted by atomic mass is 9.82. The van der Waals surface area contributed by atoms with Gasteiger partial charge in [-0.3, -0.25) is 0 Å². The average Bonchev–Trinajstić information content (AvgIpc) is 2.41. The third kappa shape index (κ3) is 2.54. The molecule has 1 saturated heterocycles. The molecule has 0 saturated carbocycles. The van der Waals surface area contributed by atoms with E-state index >= 15 is 0 Å². The van der Waals surface area contributed by atoms with Crippen molar-refractivity contribution in [3.05, 3.63) is 29.8 Å². The maximum Gasteiger partial charge on any atom is 0.0468 e. The Morgan fingerprint density at radius 1 is 1.22 bits per heavy atom. The fourth-order valence-electron chi connectivity index (χ4n) is 3.30. The molecule has 0 amide bonds. The van der Waals surface area contributed by atoms with E-state index in [9.17, 15) is 0 Å². The van der Waals surface area contributed by atoms with Gasteiger partial charge in [-0.15, -0.1) is 0 Å². The van der Waals surface area contributed by atoms with Crippen LogP contribution in [-0.2, 0) is 11.2 Å². The second-order valence-electron chi connectivity index (χ2n) is 5.88. The zero-order valence-electron chi connectivity index (χ0n) is 11.2. The Kier molecular flexibility index (Phi) is 3.55. The molecular weight excluding hydrogens is 222 g/mol. The summed E-state index contributed by atoms with van der Waals surface area (Å²) in [5, 5.41) is 3.75. The Bertz CT molecular complexity index is 398. The van der Waals surface area contributed by atoms with Gasteiger partial charge in [-0.1, -0.05) is 25.1 Å². The minimum Gasteiger partial charge on any atom is -0.382 e. The van der Waals surface area contributed by atoms with Crippen molar-refractivity contribution in [2.24, 2.45) is 11.8 Å². The minimum absolute atomic E-state index is 0.642. The molecule has 1 N–H and O–H groups in total. The molecular formula is C16H23NO. The standard InChI is InChI=1S/C16H23NO/c1-12-10-14-4-2-3-5-15(14)17-16(12)11-13-6-8-18-9-7-13/h2-5,12-13,16-17H,6-11H2,1H3. The molecule has 0 radical (unpaired) electrons. The van der Waals surface area contributed by atoms with E-state index in [-0.39, 0.29) is 0 Å². The Morgan fingerprint density at radius 3 is 2.83 bits per heavy atom. The Balaban J connectivity index is 1.66. The predicted molar refractivity (Wildman–Crippen MR) is 74.9 cm³/mol. The lowest BCUT2D eigenvalue weighted by molar-refractivity contribution is 0.0607. The summed E-state index contributed by atoms with van der Waals surface area (Å²) in [4.78, 5) is 0. The van der Waals surface area contributed by atoms with Crippen LogP contribution in [0.1, 0.15) is 31.7 Å². The van der Waals surface area contributed by atoms with Crippen molar-refractivity contribution in [2.45, 2.75) is 38.6 Å².